The van der Waals surface area contributed by atoms with E-state index in [0.717, 1.165) is 12.3 Å². The summed E-state index contributed by atoms with van der Waals surface area (Å²) in [7, 11) is 1.81. The molecular formula is C15H21NO. The van der Waals surface area contributed by atoms with Crippen molar-refractivity contribution in [2.75, 3.05) is 13.7 Å². The van der Waals surface area contributed by atoms with Crippen LogP contribution in [0.4, 0.5) is 0 Å². The van der Waals surface area contributed by atoms with E-state index in [-0.39, 0.29) is 5.41 Å². The van der Waals surface area contributed by atoms with Crippen molar-refractivity contribution >= 4 is 0 Å². The molecule has 0 amide bonds. The van der Waals surface area contributed by atoms with Crippen molar-refractivity contribution in [2.45, 2.75) is 43.9 Å². The number of hydrogen-bond donors (Lipinski definition) is 1. The topological polar surface area (TPSA) is 35.2 Å². The second-order valence-electron chi connectivity index (χ2n) is 5.48. The lowest BCUT2D eigenvalue weighted by Crippen LogP contribution is -2.21. The van der Waals surface area contributed by atoms with Gasteiger partial charge in [0.25, 0.3) is 0 Å². The van der Waals surface area contributed by atoms with E-state index < -0.39 is 0 Å². The van der Waals surface area contributed by atoms with E-state index in [1.54, 1.807) is 7.11 Å². The van der Waals surface area contributed by atoms with Crippen LogP contribution in [0.3, 0.4) is 0 Å². The monoisotopic (exact) mass is 231 g/mol. The molecular weight excluding hydrogens is 210 g/mol. The number of benzene rings is 1. The van der Waals surface area contributed by atoms with Crippen molar-refractivity contribution in [2.24, 2.45) is 5.73 Å². The lowest BCUT2D eigenvalue weighted by atomic mass is 9.85. The Morgan fingerprint density at radius 2 is 2.00 bits per heavy atom. The molecule has 0 radical (unpaired) electrons. The zero-order valence-electron chi connectivity index (χ0n) is 10.6. The third-order valence-corrected chi connectivity index (χ3v) is 4.50. The molecule has 1 aromatic rings. The Bertz CT molecular complexity index is 435. The molecule has 2 aliphatic rings. The molecule has 1 saturated carbocycles. The van der Waals surface area contributed by atoms with E-state index in [1.807, 2.05) is 0 Å². The molecule has 2 aliphatic carbocycles. The molecule has 17 heavy (non-hydrogen) atoms. The summed E-state index contributed by atoms with van der Waals surface area (Å²) in [5.74, 6) is 1.14. The summed E-state index contributed by atoms with van der Waals surface area (Å²) in [6, 6.07) is 4.57. The average molecular weight is 231 g/mol. The molecule has 0 bridgehead atoms. The molecule has 0 atom stereocenters. The molecule has 2 nitrogen and oxygen atoms in total. The fraction of sp³-hybridized carbons (Fsp3) is 0.600. The highest BCUT2D eigenvalue weighted by molar-refractivity contribution is 5.53. The predicted octanol–water partition coefficient (Wildman–Crippen LogP) is 2.56. The van der Waals surface area contributed by atoms with Crippen LogP contribution in [-0.2, 0) is 18.3 Å². The van der Waals surface area contributed by atoms with Crippen LogP contribution >= 0.6 is 0 Å². The summed E-state index contributed by atoms with van der Waals surface area (Å²) >= 11 is 0. The molecule has 0 aliphatic heterocycles. The summed E-state index contributed by atoms with van der Waals surface area (Å²) in [5.41, 5.74) is 10.5. The van der Waals surface area contributed by atoms with Crippen molar-refractivity contribution < 1.29 is 4.74 Å². The van der Waals surface area contributed by atoms with E-state index in [1.165, 1.54) is 55.2 Å². The summed E-state index contributed by atoms with van der Waals surface area (Å²) < 4.78 is 5.72. The molecule has 0 saturated heterocycles. The van der Waals surface area contributed by atoms with Gasteiger partial charge in [-0.1, -0.05) is 12.1 Å². The fourth-order valence-corrected chi connectivity index (χ4v) is 3.18. The molecule has 3 rings (SSSR count). The van der Waals surface area contributed by atoms with Crippen LogP contribution in [0.2, 0.25) is 0 Å². The second kappa shape index (κ2) is 4.02. The lowest BCUT2D eigenvalue weighted by molar-refractivity contribution is 0.395. The van der Waals surface area contributed by atoms with Gasteiger partial charge in [0.05, 0.1) is 7.11 Å². The van der Waals surface area contributed by atoms with Crippen LogP contribution < -0.4 is 10.5 Å². The third-order valence-electron chi connectivity index (χ3n) is 4.50. The Hall–Kier alpha value is -1.02. The number of nitrogens with two attached hydrogens (primary N) is 1. The van der Waals surface area contributed by atoms with E-state index in [9.17, 15) is 0 Å². The second-order valence-corrected chi connectivity index (χ2v) is 5.48. The Kier molecular flexibility index (Phi) is 2.62. The third kappa shape index (κ3) is 1.66. The van der Waals surface area contributed by atoms with Gasteiger partial charge in [-0.25, -0.2) is 0 Å². The smallest absolute Gasteiger partial charge is 0.126 e. The van der Waals surface area contributed by atoms with Crippen LogP contribution in [0.1, 0.15) is 42.4 Å². The summed E-state index contributed by atoms with van der Waals surface area (Å²) in [5, 5.41) is 0. The first-order valence-corrected chi connectivity index (χ1v) is 6.70. The zero-order chi connectivity index (χ0) is 11.9. The number of rotatable bonds is 3. The SMILES string of the molecule is COc1c(C2(CN)CC2)ccc2c1CCCC2. The van der Waals surface area contributed by atoms with Gasteiger partial charge < -0.3 is 10.5 Å². The number of aryl methyl sites for hydroxylation is 1. The van der Waals surface area contributed by atoms with Gasteiger partial charge in [0, 0.05) is 17.5 Å². The van der Waals surface area contributed by atoms with Crippen molar-refractivity contribution in [1.29, 1.82) is 0 Å². The Balaban J connectivity index is 2.10. The normalized spacial score (nSPS) is 20.8. The molecule has 1 fully saturated rings. The van der Waals surface area contributed by atoms with Crippen LogP contribution in [-0.4, -0.2) is 13.7 Å². The molecule has 2 heteroatoms. The van der Waals surface area contributed by atoms with E-state index in [0.29, 0.717) is 0 Å². The van der Waals surface area contributed by atoms with Crippen molar-refractivity contribution in [1.82, 2.24) is 0 Å². The van der Waals surface area contributed by atoms with Crippen molar-refractivity contribution in [3.8, 4) is 5.75 Å². The summed E-state index contributed by atoms with van der Waals surface area (Å²) in [4.78, 5) is 0. The van der Waals surface area contributed by atoms with Gasteiger partial charge in [-0.05, 0) is 49.7 Å². The van der Waals surface area contributed by atoms with Crippen LogP contribution in [0.15, 0.2) is 12.1 Å². The maximum Gasteiger partial charge on any atom is 0.126 e. The average Bonchev–Trinajstić information content (AvgIpc) is 3.18. The first-order valence-electron chi connectivity index (χ1n) is 6.70. The molecule has 0 heterocycles. The standard InChI is InChI=1S/C15H21NO/c1-17-14-12-5-3-2-4-11(12)6-7-13(14)15(10-16)8-9-15/h6-7H,2-5,8-10,16H2,1H3. The highest BCUT2D eigenvalue weighted by atomic mass is 16.5. The zero-order valence-corrected chi connectivity index (χ0v) is 10.6. The maximum atomic E-state index is 5.94. The Labute approximate surface area is 103 Å². The van der Waals surface area contributed by atoms with Crippen LogP contribution in [0.5, 0.6) is 5.75 Å². The minimum atomic E-state index is 0.234. The highest BCUT2D eigenvalue weighted by Gasteiger charge is 2.45. The van der Waals surface area contributed by atoms with Crippen LogP contribution in [0.25, 0.3) is 0 Å². The van der Waals surface area contributed by atoms with Crippen LogP contribution in [0, 0.1) is 0 Å². The van der Waals surface area contributed by atoms with E-state index in [4.69, 9.17) is 10.5 Å². The molecule has 0 aromatic heterocycles. The minimum Gasteiger partial charge on any atom is -0.496 e. The largest absolute Gasteiger partial charge is 0.496 e. The molecule has 0 spiro atoms. The van der Waals surface area contributed by atoms with Gasteiger partial charge in [0.15, 0.2) is 0 Å². The van der Waals surface area contributed by atoms with Crippen molar-refractivity contribution in [3.63, 3.8) is 0 Å². The van der Waals surface area contributed by atoms with Gasteiger partial charge in [-0.2, -0.15) is 0 Å². The lowest BCUT2D eigenvalue weighted by Gasteiger charge is -2.24. The number of hydrogen-bond acceptors (Lipinski definition) is 2. The minimum absolute atomic E-state index is 0.234. The van der Waals surface area contributed by atoms with E-state index in [2.05, 4.69) is 12.1 Å². The van der Waals surface area contributed by atoms with E-state index >= 15 is 0 Å². The first kappa shape index (κ1) is 11.1. The fourth-order valence-electron chi connectivity index (χ4n) is 3.18. The highest BCUT2D eigenvalue weighted by Crippen LogP contribution is 2.52. The molecule has 1 aromatic carbocycles. The quantitative estimate of drug-likeness (QED) is 0.867. The van der Waals surface area contributed by atoms with Gasteiger partial charge in [0.2, 0.25) is 0 Å². The number of fused-ring (bicyclic) bond motifs is 1. The summed E-state index contributed by atoms with van der Waals surface area (Å²) in [6.07, 6.45) is 7.44. The predicted molar refractivity (Wildman–Crippen MR) is 69.6 cm³/mol. The first-order chi connectivity index (χ1) is 8.30. The van der Waals surface area contributed by atoms with Gasteiger partial charge in [-0.15, -0.1) is 0 Å². The van der Waals surface area contributed by atoms with Gasteiger partial charge >= 0.3 is 0 Å². The van der Waals surface area contributed by atoms with Gasteiger partial charge in [-0.3, -0.25) is 0 Å². The number of ether oxygens (including phenoxy) is 1. The molecule has 0 unspecified atom stereocenters. The maximum absolute atomic E-state index is 5.94. The Morgan fingerprint density at radius 3 is 2.65 bits per heavy atom. The van der Waals surface area contributed by atoms with Gasteiger partial charge in [0.1, 0.15) is 5.75 Å². The molecule has 2 N–H and O–H groups in total. The molecule has 92 valence electrons. The number of methoxy groups -OCH3 is 1. The van der Waals surface area contributed by atoms with Crippen molar-refractivity contribution in [3.05, 3.63) is 28.8 Å². The Morgan fingerprint density at radius 1 is 1.24 bits per heavy atom. The summed E-state index contributed by atoms with van der Waals surface area (Å²) in [6.45, 7) is 0.752.